The number of alkyl halides is 2. The van der Waals surface area contributed by atoms with Crippen LogP contribution in [0.3, 0.4) is 0 Å². The Balaban J connectivity index is 1.78. The van der Waals surface area contributed by atoms with Crippen LogP contribution in [0, 0.1) is 5.41 Å². The highest BCUT2D eigenvalue weighted by atomic mass is 19.3. The Morgan fingerprint density at radius 2 is 1.84 bits per heavy atom. The number of aryl methyl sites for hydroxylation is 1. The van der Waals surface area contributed by atoms with Crippen molar-refractivity contribution >= 4 is 35.0 Å². The summed E-state index contributed by atoms with van der Waals surface area (Å²) in [6, 6.07) is 16.3. The van der Waals surface area contributed by atoms with Gasteiger partial charge < -0.3 is 31.2 Å². The minimum absolute atomic E-state index is 0.0156. The van der Waals surface area contributed by atoms with Crippen LogP contribution < -0.4 is 26.4 Å². The van der Waals surface area contributed by atoms with Gasteiger partial charge in [-0.2, -0.15) is 0 Å². The first-order valence-electron chi connectivity index (χ1n) is 13.7. The molecular formula is C31H33F2N5O5. The Bertz CT molecular complexity index is 1480. The molecule has 1 aliphatic rings. The molecule has 3 aromatic rings. The number of hydrogen-bond acceptors (Lipinski definition) is 7. The van der Waals surface area contributed by atoms with Gasteiger partial charge in [0.15, 0.2) is 0 Å². The SMILES string of the molecule is CCOC(=O)CC1NC(=O)[C@H](Nc2ccc(C(=N)N)cc2)c2ccc(OCC(F)F)c(c2)CCC(=O)Nc2cccc1c2. The van der Waals surface area contributed by atoms with Crippen LogP contribution in [0.15, 0.2) is 66.7 Å². The van der Waals surface area contributed by atoms with Crippen LogP contribution in [-0.2, 0) is 25.5 Å². The molecule has 1 unspecified atom stereocenters. The second-order valence-corrected chi connectivity index (χ2v) is 9.88. The van der Waals surface area contributed by atoms with Gasteiger partial charge in [0.25, 0.3) is 6.43 Å². The van der Waals surface area contributed by atoms with Gasteiger partial charge in [0, 0.05) is 23.4 Å². The van der Waals surface area contributed by atoms with Crippen molar-refractivity contribution in [1.29, 1.82) is 5.41 Å². The van der Waals surface area contributed by atoms with Crippen molar-refractivity contribution in [3.63, 3.8) is 0 Å². The molecule has 0 aromatic heterocycles. The number of amidine groups is 1. The smallest absolute Gasteiger partial charge is 0.308 e. The Morgan fingerprint density at radius 3 is 2.53 bits per heavy atom. The van der Waals surface area contributed by atoms with Crippen LogP contribution in [0.25, 0.3) is 0 Å². The average molecular weight is 594 g/mol. The fourth-order valence-electron chi connectivity index (χ4n) is 4.68. The van der Waals surface area contributed by atoms with Gasteiger partial charge in [0.1, 0.15) is 24.2 Å². The quantitative estimate of drug-likeness (QED) is 0.139. The lowest BCUT2D eigenvalue weighted by Crippen LogP contribution is -2.37. The molecule has 0 saturated heterocycles. The van der Waals surface area contributed by atoms with Gasteiger partial charge in [0.2, 0.25) is 11.8 Å². The van der Waals surface area contributed by atoms with E-state index in [-0.39, 0.29) is 43.4 Å². The number of fused-ring (bicyclic) bond motifs is 4. The van der Waals surface area contributed by atoms with E-state index in [2.05, 4.69) is 16.0 Å². The van der Waals surface area contributed by atoms with Gasteiger partial charge in [0.05, 0.1) is 19.1 Å². The molecule has 2 atom stereocenters. The molecule has 226 valence electrons. The molecule has 4 bridgehead atoms. The molecule has 0 aliphatic carbocycles. The molecule has 3 aromatic carbocycles. The lowest BCUT2D eigenvalue weighted by atomic mass is 9.97. The number of anilines is 2. The minimum Gasteiger partial charge on any atom is -0.487 e. The van der Waals surface area contributed by atoms with Crippen molar-refractivity contribution in [3.8, 4) is 5.75 Å². The highest BCUT2D eigenvalue weighted by Crippen LogP contribution is 2.30. The van der Waals surface area contributed by atoms with Gasteiger partial charge in [-0.25, -0.2) is 8.78 Å². The first-order chi connectivity index (χ1) is 20.6. The number of esters is 1. The van der Waals surface area contributed by atoms with Crippen LogP contribution in [0.5, 0.6) is 5.75 Å². The van der Waals surface area contributed by atoms with Crippen LogP contribution >= 0.6 is 0 Å². The first-order valence-corrected chi connectivity index (χ1v) is 13.7. The van der Waals surface area contributed by atoms with E-state index in [0.717, 1.165) is 0 Å². The third-order valence-corrected chi connectivity index (χ3v) is 6.74. The molecular weight excluding hydrogens is 560 g/mol. The number of rotatable bonds is 9. The number of nitrogens with two attached hydrogens (primary N) is 1. The molecule has 0 spiro atoms. The van der Waals surface area contributed by atoms with Gasteiger partial charge in [-0.3, -0.25) is 19.8 Å². The summed E-state index contributed by atoms with van der Waals surface area (Å²) in [6.45, 7) is 1.02. The molecule has 2 amide bonds. The van der Waals surface area contributed by atoms with Crippen molar-refractivity contribution in [2.75, 3.05) is 23.8 Å². The number of amides is 2. The van der Waals surface area contributed by atoms with Crippen molar-refractivity contribution in [2.45, 2.75) is 44.7 Å². The van der Waals surface area contributed by atoms with Gasteiger partial charge in [-0.05, 0) is 78.6 Å². The monoisotopic (exact) mass is 593 g/mol. The summed E-state index contributed by atoms with van der Waals surface area (Å²) >= 11 is 0. The van der Waals surface area contributed by atoms with Crippen molar-refractivity contribution in [1.82, 2.24) is 5.32 Å². The van der Waals surface area contributed by atoms with Crippen molar-refractivity contribution in [2.24, 2.45) is 5.73 Å². The topological polar surface area (TPSA) is 156 Å². The molecule has 6 N–H and O–H groups in total. The van der Waals surface area contributed by atoms with Crippen molar-refractivity contribution in [3.05, 3.63) is 89.0 Å². The van der Waals surface area contributed by atoms with Crippen LogP contribution in [0.2, 0.25) is 0 Å². The Kier molecular flexibility index (Phi) is 10.3. The minimum atomic E-state index is -2.70. The molecule has 10 nitrogen and oxygen atoms in total. The summed E-state index contributed by atoms with van der Waals surface area (Å²) in [6.07, 6.45) is -2.69. The molecule has 0 saturated carbocycles. The zero-order valence-corrected chi connectivity index (χ0v) is 23.5. The zero-order chi connectivity index (χ0) is 30.9. The van der Waals surface area contributed by atoms with E-state index < -0.39 is 37.0 Å². The maximum atomic E-state index is 14.0. The Morgan fingerprint density at radius 1 is 1.07 bits per heavy atom. The predicted molar refractivity (Wildman–Crippen MR) is 157 cm³/mol. The predicted octanol–water partition coefficient (Wildman–Crippen LogP) is 4.46. The van der Waals surface area contributed by atoms with Crippen LogP contribution in [0.1, 0.15) is 54.1 Å². The number of benzene rings is 3. The van der Waals surface area contributed by atoms with E-state index in [1.54, 1.807) is 67.6 Å². The van der Waals surface area contributed by atoms with E-state index in [1.165, 1.54) is 6.07 Å². The number of ether oxygens (including phenoxy) is 2. The third-order valence-electron chi connectivity index (χ3n) is 6.74. The summed E-state index contributed by atoms with van der Waals surface area (Å²) in [5, 5.41) is 16.6. The summed E-state index contributed by atoms with van der Waals surface area (Å²) in [4.78, 5) is 39.4. The normalized spacial score (nSPS) is 16.8. The standard InChI is InChI=1S/C31H33F2N5O5/c1-2-42-28(40)16-24-19-4-3-5-23(15-19)36-27(39)13-9-20-14-21(8-12-25(20)43-17-26(32)33)29(31(41)38-24)37-22-10-6-18(7-11-22)30(34)35/h3-8,10-12,14-15,24,26,29,37H,2,9,13,16-17H2,1H3,(H3,34,35)(H,36,39)(H,38,41)/t24?,29-/m1/s1. The number of carbonyl (C=O) groups excluding carboxylic acids is 3. The number of hydrogen-bond donors (Lipinski definition) is 5. The molecule has 0 fully saturated rings. The lowest BCUT2D eigenvalue weighted by molar-refractivity contribution is -0.143. The summed E-state index contributed by atoms with van der Waals surface area (Å²) in [5.74, 6) is -1.25. The molecule has 12 heteroatoms. The molecule has 1 heterocycles. The number of carbonyl (C=O) groups is 3. The Hall–Kier alpha value is -5.00. The summed E-state index contributed by atoms with van der Waals surface area (Å²) in [7, 11) is 0. The van der Waals surface area contributed by atoms with Gasteiger partial charge >= 0.3 is 5.97 Å². The lowest BCUT2D eigenvalue weighted by Gasteiger charge is -2.26. The fourth-order valence-corrected chi connectivity index (χ4v) is 4.68. The first kappa shape index (κ1) is 30.9. The number of nitrogens with one attached hydrogen (secondary N) is 4. The maximum absolute atomic E-state index is 14.0. The van der Waals surface area contributed by atoms with Crippen LogP contribution in [0.4, 0.5) is 20.2 Å². The molecule has 43 heavy (non-hydrogen) atoms. The van der Waals surface area contributed by atoms with E-state index in [0.29, 0.717) is 33.6 Å². The van der Waals surface area contributed by atoms with E-state index in [1.807, 2.05) is 0 Å². The van der Waals surface area contributed by atoms with Crippen molar-refractivity contribution < 1.29 is 32.6 Å². The van der Waals surface area contributed by atoms with Gasteiger partial charge in [-0.15, -0.1) is 0 Å². The molecule has 1 aliphatic heterocycles. The average Bonchev–Trinajstić information content (AvgIpc) is 2.97. The molecule has 4 rings (SSSR count). The van der Waals surface area contributed by atoms with E-state index in [9.17, 15) is 23.2 Å². The second-order valence-electron chi connectivity index (χ2n) is 9.88. The van der Waals surface area contributed by atoms with Gasteiger partial charge in [-0.1, -0.05) is 18.2 Å². The second kappa shape index (κ2) is 14.3. The highest BCUT2D eigenvalue weighted by Gasteiger charge is 2.28. The van der Waals surface area contributed by atoms with E-state index in [4.69, 9.17) is 20.6 Å². The largest absolute Gasteiger partial charge is 0.487 e. The van der Waals surface area contributed by atoms with Crippen LogP contribution in [-0.4, -0.2) is 43.3 Å². The highest BCUT2D eigenvalue weighted by molar-refractivity contribution is 5.95. The number of halogens is 2. The maximum Gasteiger partial charge on any atom is 0.308 e. The molecule has 0 radical (unpaired) electrons. The third kappa shape index (κ3) is 8.51. The fraction of sp³-hybridized carbons (Fsp3) is 0.290. The zero-order valence-electron chi connectivity index (χ0n) is 23.5. The summed E-state index contributed by atoms with van der Waals surface area (Å²) < 4.78 is 36.4. The summed E-state index contributed by atoms with van der Waals surface area (Å²) in [5.41, 5.74) is 8.59. The number of nitrogen functional groups attached to an aromatic ring is 1. The van der Waals surface area contributed by atoms with E-state index >= 15 is 0 Å². The Labute approximate surface area is 247 Å².